The maximum absolute atomic E-state index is 12.1. The molecule has 0 heterocycles. The lowest BCUT2D eigenvalue weighted by Gasteiger charge is -2.12. The summed E-state index contributed by atoms with van der Waals surface area (Å²) in [4.78, 5) is 12.1. The van der Waals surface area contributed by atoms with Gasteiger partial charge in [0, 0.05) is 12.3 Å². The predicted molar refractivity (Wildman–Crippen MR) is 68.0 cm³/mol. The van der Waals surface area contributed by atoms with Crippen LogP contribution in [-0.2, 0) is 11.2 Å². The second kappa shape index (κ2) is 5.85. The van der Waals surface area contributed by atoms with Gasteiger partial charge in [0.15, 0.2) is 0 Å². The van der Waals surface area contributed by atoms with Crippen LogP contribution in [0.25, 0.3) is 0 Å². The molecule has 1 aromatic rings. The predicted octanol–water partition coefficient (Wildman–Crippen LogP) is 3.47. The van der Waals surface area contributed by atoms with E-state index in [0.29, 0.717) is 12.2 Å². The topological polar surface area (TPSA) is 37.3 Å². The second-order valence-electron chi connectivity index (χ2n) is 5.00. The Morgan fingerprint density at radius 3 is 2.53 bits per heavy atom. The number of carbonyl (C=O) groups is 1. The van der Waals surface area contributed by atoms with E-state index in [-0.39, 0.29) is 11.7 Å². The minimum absolute atomic E-state index is 0.246. The van der Waals surface area contributed by atoms with E-state index in [0.717, 1.165) is 18.4 Å². The average molecular weight is 232 g/mol. The number of carbonyl (C=O) groups excluding carboxylic acids is 1. The van der Waals surface area contributed by atoms with Crippen molar-refractivity contribution in [3.05, 3.63) is 29.8 Å². The van der Waals surface area contributed by atoms with E-state index in [1.807, 2.05) is 6.07 Å². The number of phenols is 1. The summed E-state index contributed by atoms with van der Waals surface area (Å²) < 4.78 is 0. The highest BCUT2D eigenvalue weighted by Gasteiger charge is 2.19. The van der Waals surface area contributed by atoms with Gasteiger partial charge in [-0.05, 0) is 30.5 Å². The Kier molecular flexibility index (Phi) is 4.18. The van der Waals surface area contributed by atoms with Gasteiger partial charge in [0.1, 0.15) is 11.5 Å². The Bertz CT molecular complexity index is 376. The highest BCUT2D eigenvalue weighted by atomic mass is 16.3. The standard InChI is InChI=1S/C15H20O2/c16-14-9-5-6-12(10-14)11-15(17)13-7-3-1-2-4-8-13/h5-6,9-10,13,16H,1-4,7-8,11H2. The van der Waals surface area contributed by atoms with Gasteiger partial charge in [0.05, 0.1) is 0 Å². The lowest BCUT2D eigenvalue weighted by atomic mass is 9.91. The van der Waals surface area contributed by atoms with Gasteiger partial charge < -0.3 is 5.11 Å². The third kappa shape index (κ3) is 3.58. The van der Waals surface area contributed by atoms with Crippen molar-refractivity contribution in [1.82, 2.24) is 0 Å². The zero-order valence-corrected chi connectivity index (χ0v) is 10.2. The van der Waals surface area contributed by atoms with E-state index in [1.165, 1.54) is 25.7 Å². The Hall–Kier alpha value is -1.31. The van der Waals surface area contributed by atoms with Crippen molar-refractivity contribution in [1.29, 1.82) is 0 Å². The maximum atomic E-state index is 12.1. The van der Waals surface area contributed by atoms with Crippen LogP contribution in [0.15, 0.2) is 24.3 Å². The summed E-state index contributed by atoms with van der Waals surface area (Å²) >= 11 is 0. The number of phenolic OH excluding ortho intramolecular Hbond substituents is 1. The van der Waals surface area contributed by atoms with Crippen LogP contribution in [0.4, 0.5) is 0 Å². The summed E-state index contributed by atoms with van der Waals surface area (Å²) in [5.41, 5.74) is 0.930. The van der Waals surface area contributed by atoms with E-state index >= 15 is 0 Å². The normalized spacial score (nSPS) is 17.6. The van der Waals surface area contributed by atoms with Crippen LogP contribution in [0.5, 0.6) is 5.75 Å². The Labute approximate surface area is 103 Å². The molecule has 2 heteroatoms. The summed E-state index contributed by atoms with van der Waals surface area (Å²) in [5, 5.41) is 9.37. The number of aromatic hydroxyl groups is 1. The molecular weight excluding hydrogens is 212 g/mol. The van der Waals surface area contributed by atoms with Crippen LogP contribution >= 0.6 is 0 Å². The molecule has 2 nitrogen and oxygen atoms in total. The summed E-state index contributed by atoms with van der Waals surface area (Å²) in [7, 11) is 0. The van der Waals surface area contributed by atoms with E-state index in [4.69, 9.17) is 0 Å². The van der Waals surface area contributed by atoms with Crippen molar-refractivity contribution in [2.24, 2.45) is 5.92 Å². The lowest BCUT2D eigenvalue weighted by molar-refractivity contribution is -0.122. The molecule has 0 saturated heterocycles. The molecule has 0 aromatic heterocycles. The summed E-state index contributed by atoms with van der Waals surface area (Å²) in [6, 6.07) is 7.04. The molecule has 1 aromatic carbocycles. The Morgan fingerprint density at radius 1 is 1.18 bits per heavy atom. The molecule has 92 valence electrons. The number of hydrogen-bond acceptors (Lipinski definition) is 2. The van der Waals surface area contributed by atoms with Gasteiger partial charge in [-0.2, -0.15) is 0 Å². The van der Waals surface area contributed by atoms with Crippen LogP contribution in [-0.4, -0.2) is 10.9 Å². The number of benzene rings is 1. The highest BCUT2D eigenvalue weighted by Crippen LogP contribution is 2.25. The zero-order chi connectivity index (χ0) is 12.1. The number of Topliss-reactive ketones (excluding diaryl/α,β-unsaturated/α-hetero) is 1. The third-order valence-electron chi connectivity index (χ3n) is 3.60. The molecule has 0 aliphatic heterocycles. The first-order valence-corrected chi connectivity index (χ1v) is 6.56. The van der Waals surface area contributed by atoms with E-state index < -0.39 is 0 Å². The maximum Gasteiger partial charge on any atom is 0.140 e. The smallest absolute Gasteiger partial charge is 0.140 e. The van der Waals surface area contributed by atoms with Crippen molar-refractivity contribution in [3.8, 4) is 5.75 Å². The first kappa shape index (κ1) is 12.2. The van der Waals surface area contributed by atoms with Crippen LogP contribution in [0, 0.1) is 5.92 Å². The molecule has 1 aliphatic carbocycles. The fourth-order valence-corrected chi connectivity index (χ4v) is 2.61. The highest BCUT2D eigenvalue weighted by molar-refractivity contribution is 5.83. The van der Waals surface area contributed by atoms with Crippen molar-refractivity contribution in [3.63, 3.8) is 0 Å². The van der Waals surface area contributed by atoms with Gasteiger partial charge in [-0.25, -0.2) is 0 Å². The molecule has 1 fully saturated rings. The second-order valence-corrected chi connectivity index (χ2v) is 5.00. The molecule has 1 aliphatic rings. The first-order valence-electron chi connectivity index (χ1n) is 6.56. The quantitative estimate of drug-likeness (QED) is 0.810. The van der Waals surface area contributed by atoms with Crippen LogP contribution in [0.2, 0.25) is 0 Å². The minimum Gasteiger partial charge on any atom is -0.508 e. The van der Waals surface area contributed by atoms with Crippen LogP contribution in [0.3, 0.4) is 0 Å². The summed E-state index contributed by atoms with van der Waals surface area (Å²) in [6.45, 7) is 0. The third-order valence-corrected chi connectivity index (χ3v) is 3.60. The molecule has 1 saturated carbocycles. The molecular formula is C15H20O2. The number of hydrogen-bond donors (Lipinski definition) is 1. The number of ketones is 1. The fraction of sp³-hybridized carbons (Fsp3) is 0.533. The van der Waals surface area contributed by atoms with Crippen LogP contribution in [0.1, 0.15) is 44.1 Å². The minimum atomic E-state index is 0.246. The largest absolute Gasteiger partial charge is 0.508 e. The SMILES string of the molecule is O=C(Cc1cccc(O)c1)C1CCCCCC1. The fourth-order valence-electron chi connectivity index (χ4n) is 2.61. The molecule has 0 spiro atoms. The molecule has 0 unspecified atom stereocenters. The monoisotopic (exact) mass is 232 g/mol. The summed E-state index contributed by atoms with van der Waals surface area (Å²) in [5.74, 6) is 0.841. The van der Waals surface area contributed by atoms with Gasteiger partial charge in [0.25, 0.3) is 0 Å². The molecule has 0 amide bonds. The first-order chi connectivity index (χ1) is 8.25. The van der Waals surface area contributed by atoms with Gasteiger partial charge >= 0.3 is 0 Å². The molecule has 17 heavy (non-hydrogen) atoms. The van der Waals surface area contributed by atoms with Gasteiger partial charge in [-0.1, -0.05) is 37.8 Å². The Morgan fingerprint density at radius 2 is 1.88 bits per heavy atom. The van der Waals surface area contributed by atoms with E-state index in [2.05, 4.69) is 0 Å². The van der Waals surface area contributed by atoms with Crippen molar-refractivity contribution >= 4 is 5.78 Å². The van der Waals surface area contributed by atoms with Gasteiger partial charge in [0.2, 0.25) is 0 Å². The van der Waals surface area contributed by atoms with Crippen molar-refractivity contribution < 1.29 is 9.90 Å². The summed E-state index contributed by atoms with van der Waals surface area (Å²) in [6.07, 6.45) is 7.51. The zero-order valence-electron chi connectivity index (χ0n) is 10.2. The van der Waals surface area contributed by atoms with Crippen molar-refractivity contribution in [2.45, 2.75) is 44.9 Å². The van der Waals surface area contributed by atoms with E-state index in [1.54, 1.807) is 18.2 Å². The molecule has 0 radical (unpaired) electrons. The molecule has 0 bridgehead atoms. The Balaban J connectivity index is 1.95. The van der Waals surface area contributed by atoms with Crippen molar-refractivity contribution in [2.75, 3.05) is 0 Å². The van der Waals surface area contributed by atoms with Gasteiger partial charge in [-0.3, -0.25) is 4.79 Å². The molecule has 0 atom stereocenters. The van der Waals surface area contributed by atoms with Crippen LogP contribution < -0.4 is 0 Å². The lowest BCUT2D eigenvalue weighted by Crippen LogP contribution is -2.16. The van der Waals surface area contributed by atoms with E-state index in [9.17, 15) is 9.90 Å². The number of rotatable bonds is 3. The van der Waals surface area contributed by atoms with Gasteiger partial charge in [-0.15, -0.1) is 0 Å². The average Bonchev–Trinajstić information content (AvgIpc) is 2.57. The molecule has 2 rings (SSSR count). The molecule has 1 N–H and O–H groups in total.